The molecule has 0 N–H and O–H groups in total. The molecule has 0 saturated carbocycles. The zero-order chi connectivity index (χ0) is 20.9. The summed E-state index contributed by atoms with van der Waals surface area (Å²) in [5.41, 5.74) is 2.66. The van der Waals surface area contributed by atoms with Crippen LogP contribution in [0.2, 0.25) is 0 Å². The lowest BCUT2D eigenvalue weighted by Crippen LogP contribution is -1.96. The van der Waals surface area contributed by atoms with Gasteiger partial charge < -0.3 is 4.74 Å². The van der Waals surface area contributed by atoms with Gasteiger partial charge in [0.1, 0.15) is 11.5 Å². The van der Waals surface area contributed by atoms with Gasteiger partial charge in [0, 0.05) is 9.79 Å². The fraction of sp³-hybridized carbons (Fsp3) is 0.538. The zero-order valence-electron chi connectivity index (χ0n) is 18.8. The second-order valence-corrected chi connectivity index (χ2v) is 9.88. The zero-order valence-corrected chi connectivity index (χ0v) is 20.4. The van der Waals surface area contributed by atoms with E-state index >= 15 is 0 Å². The van der Waals surface area contributed by atoms with E-state index in [0.29, 0.717) is 0 Å². The largest absolute Gasteiger partial charge is 0.457 e. The van der Waals surface area contributed by atoms with E-state index < -0.39 is 0 Å². The highest BCUT2D eigenvalue weighted by Crippen LogP contribution is 2.35. The number of rotatable bonds is 14. The summed E-state index contributed by atoms with van der Waals surface area (Å²) < 4.78 is 6.49. The van der Waals surface area contributed by atoms with Gasteiger partial charge in [-0.25, -0.2) is 0 Å². The van der Waals surface area contributed by atoms with Gasteiger partial charge in [-0.05, 0) is 84.7 Å². The Bertz CT molecular complexity index is 665. The molecule has 29 heavy (non-hydrogen) atoms. The van der Waals surface area contributed by atoms with E-state index in [1.165, 1.54) is 58.1 Å². The third kappa shape index (κ3) is 8.30. The number of hydrogen-bond donors (Lipinski definition) is 0. The van der Waals surface area contributed by atoms with E-state index in [1.807, 2.05) is 23.5 Å². The van der Waals surface area contributed by atoms with Crippen LogP contribution in [0.5, 0.6) is 11.5 Å². The molecule has 2 aromatic rings. The topological polar surface area (TPSA) is 9.23 Å². The van der Waals surface area contributed by atoms with Crippen molar-refractivity contribution in [2.24, 2.45) is 0 Å². The minimum Gasteiger partial charge on any atom is -0.457 e. The average Bonchev–Trinajstić information content (AvgIpc) is 2.72. The van der Waals surface area contributed by atoms with Crippen LogP contribution in [-0.2, 0) is 12.8 Å². The van der Waals surface area contributed by atoms with Gasteiger partial charge in [-0.1, -0.05) is 53.4 Å². The van der Waals surface area contributed by atoms with Crippen LogP contribution in [0.15, 0.2) is 46.2 Å². The van der Waals surface area contributed by atoms with Gasteiger partial charge in [-0.15, -0.1) is 23.5 Å². The Labute approximate surface area is 187 Å². The Morgan fingerprint density at radius 2 is 1.07 bits per heavy atom. The minimum absolute atomic E-state index is 1.02. The number of unbranched alkanes of at least 4 members (excludes halogenated alkanes) is 2. The van der Waals surface area contributed by atoms with E-state index in [2.05, 4.69) is 64.1 Å². The normalized spacial score (nSPS) is 11.0. The minimum atomic E-state index is 1.02. The molecule has 0 heterocycles. The van der Waals surface area contributed by atoms with Gasteiger partial charge in [0.05, 0.1) is 0 Å². The molecule has 0 amide bonds. The smallest absolute Gasteiger partial charge is 0.130 e. The maximum atomic E-state index is 6.49. The predicted octanol–water partition coefficient (Wildman–Crippen LogP) is 9.17. The Hall–Kier alpha value is -1.06. The van der Waals surface area contributed by atoms with Crippen LogP contribution in [0.1, 0.15) is 77.3 Å². The molecule has 0 fully saturated rings. The lowest BCUT2D eigenvalue weighted by molar-refractivity contribution is 0.468. The van der Waals surface area contributed by atoms with Crippen molar-refractivity contribution >= 4 is 23.5 Å². The van der Waals surface area contributed by atoms with Crippen LogP contribution < -0.4 is 4.74 Å². The van der Waals surface area contributed by atoms with Crippen molar-refractivity contribution in [1.29, 1.82) is 0 Å². The van der Waals surface area contributed by atoms with Gasteiger partial charge in [0.25, 0.3) is 0 Å². The molecule has 1 nitrogen and oxygen atoms in total. The molecule has 2 aromatic carbocycles. The first kappa shape index (κ1) is 24.2. The fourth-order valence-corrected chi connectivity index (χ4v) is 5.32. The number of benzene rings is 2. The molecule has 0 spiro atoms. The van der Waals surface area contributed by atoms with Gasteiger partial charge in [0.15, 0.2) is 0 Å². The summed E-state index contributed by atoms with van der Waals surface area (Å²) in [7, 11) is 0. The Kier molecular flexibility index (Phi) is 11.7. The van der Waals surface area contributed by atoms with E-state index in [0.717, 1.165) is 37.2 Å². The molecule has 0 aliphatic carbocycles. The Morgan fingerprint density at radius 3 is 1.45 bits per heavy atom. The highest BCUT2D eigenvalue weighted by atomic mass is 32.2. The molecule has 0 aliphatic rings. The van der Waals surface area contributed by atoms with Crippen molar-refractivity contribution in [2.45, 2.75) is 88.9 Å². The van der Waals surface area contributed by atoms with Gasteiger partial charge in [0.2, 0.25) is 0 Å². The monoisotopic (exact) mass is 430 g/mol. The average molecular weight is 431 g/mol. The van der Waals surface area contributed by atoms with E-state index in [1.54, 1.807) is 0 Å². The van der Waals surface area contributed by atoms with Gasteiger partial charge in [-0.3, -0.25) is 0 Å². The summed E-state index contributed by atoms with van der Waals surface area (Å²) in [6, 6.07) is 13.5. The SMILES string of the molecule is CCCCSc1ccc(Oc2ccc(SCCCC)cc2CCC)c(CCC)c1. The molecule has 160 valence electrons. The number of aryl methyl sites for hydroxylation is 2. The second-order valence-electron chi connectivity index (χ2n) is 7.55. The molecule has 0 aromatic heterocycles. The molecular formula is C26H38OS2. The Morgan fingerprint density at radius 1 is 0.621 bits per heavy atom. The molecule has 0 bridgehead atoms. The van der Waals surface area contributed by atoms with Crippen molar-refractivity contribution in [2.75, 3.05) is 11.5 Å². The molecule has 0 saturated heterocycles. The molecule has 0 unspecified atom stereocenters. The fourth-order valence-electron chi connectivity index (χ4n) is 3.21. The highest BCUT2D eigenvalue weighted by molar-refractivity contribution is 7.99. The first-order chi connectivity index (χ1) is 14.2. The maximum absolute atomic E-state index is 6.49. The predicted molar refractivity (Wildman–Crippen MR) is 132 cm³/mol. The van der Waals surface area contributed by atoms with Crippen LogP contribution in [0, 0.1) is 0 Å². The molecule has 0 atom stereocenters. The molecule has 0 radical (unpaired) electrons. The van der Waals surface area contributed by atoms with Gasteiger partial charge in [-0.2, -0.15) is 0 Å². The van der Waals surface area contributed by atoms with Crippen LogP contribution in [-0.4, -0.2) is 11.5 Å². The first-order valence-electron chi connectivity index (χ1n) is 11.4. The maximum Gasteiger partial charge on any atom is 0.130 e. The molecular weight excluding hydrogens is 392 g/mol. The molecule has 0 aliphatic heterocycles. The molecule has 2 rings (SSSR count). The number of ether oxygens (including phenoxy) is 1. The van der Waals surface area contributed by atoms with Crippen LogP contribution in [0.25, 0.3) is 0 Å². The van der Waals surface area contributed by atoms with E-state index in [-0.39, 0.29) is 0 Å². The third-order valence-corrected chi connectivity index (χ3v) is 7.02. The standard InChI is InChI=1S/C26H38OS2/c1-5-9-17-28-23-13-15-25(21(19-23)11-7-3)27-26-16-14-24(29-18-10-6-2)20-22(26)12-8-4/h13-16,19-20H,5-12,17-18H2,1-4H3. The van der Waals surface area contributed by atoms with Crippen molar-refractivity contribution in [3.63, 3.8) is 0 Å². The third-order valence-electron chi connectivity index (χ3n) is 4.86. The van der Waals surface area contributed by atoms with Crippen molar-refractivity contribution in [3.8, 4) is 11.5 Å². The van der Waals surface area contributed by atoms with Gasteiger partial charge >= 0.3 is 0 Å². The second kappa shape index (κ2) is 14.0. The van der Waals surface area contributed by atoms with E-state index in [9.17, 15) is 0 Å². The summed E-state index contributed by atoms with van der Waals surface area (Å²) in [6.07, 6.45) is 9.44. The summed E-state index contributed by atoms with van der Waals surface area (Å²) in [5.74, 6) is 4.44. The highest BCUT2D eigenvalue weighted by Gasteiger charge is 2.11. The summed E-state index contributed by atoms with van der Waals surface area (Å²) >= 11 is 3.93. The number of hydrogen-bond acceptors (Lipinski definition) is 3. The number of thioether (sulfide) groups is 2. The summed E-state index contributed by atoms with van der Waals surface area (Å²) in [4.78, 5) is 2.73. The van der Waals surface area contributed by atoms with Crippen molar-refractivity contribution in [1.82, 2.24) is 0 Å². The van der Waals surface area contributed by atoms with E-state index in [4.69, 9.17) is 4.74 Å². The lowest BCUT2D eigenvalue weighted by Gasteiger charge is -2.16. The first-order valence-corrected chi connectivity index (χ1v) is 13.4. The van der Waals surface area contributed by atoms with Crippen molar-refractivity contribution < 1.29 is 4.74 Å². The Balaban J connectivity index is 2.19. The quantitative estimate of drug-likeness (QED) is 0.218. The summed E-state index contributed by atoms with van der Waals surface area (Å²) in [6.45, 7) is 8.99. The lowest BCUT2D eigenvalue weighted by atomic mass is 10.1. The van der Waals surface area contributed by atoms with Crippen molar-refractivity contribution in [3.05, 3.63) is 47.5 Å². The van der Waals surface area contributed by atoms with Crippen LogP contribution in [0.4, 0.5) is 0 Å². The van der Waals surface area contributed by atoms with Crippen LogP contribution >= 0.6 is 23.5 Å². The molecule has 3 heteroatoms. The van der Waals surface area contributed by atoms with Crippen LogP contribution in [0.3, 0.4) is 0 Å². The summed E-state index contributed by atoms with van der Waals surface area (Å²) in [5, 5.41) is 0.